The normalized spacial score (nSPS) is 14.2. The number of carbonyl (C=O) groups is 2. The van der Waals surface area contributed by atoms with Crippen molar-refractivity contribution in [1.82, 2.24) is 0 Å². The third kappa shape index (κ3) is 6.56. The van der Waals surface area contributed by atoms with Crippen LogP contribution in [-0.4, -0.2) is 37.0 Å². The van der Waals surface area contributed by atoms with Crippen molar-refractivity contribution in [3.63, 3.8) is 0 Å². The standard InChI is InChI=1S/C26H20Cl2N2O5S2/c1-33-20-6-4-19(5-7-20)30-25(32)23(37-26(30)36)10-15-3-8-21(22(9-15)34-2)35-14-24(31)29-18-12-16(27)11-17(28)13-18/h3-13H,14H2,1-2H3,(H,29,31)/b23-10-. The van der Waals surface area contributed by atoms with Crippen LogP contribution >= 0.6 is 47.2 Å². The molecule has 37 heavy (non-hydrogen) atoms. The molecule has 1 fully saturated rings. The number of halogens is 2. The van der Waals surface area contributed by atoms with Gasteiger partial charge in [0.05, 0.1) is 24.8 Å². The van der Waals surface area contributed by atoms with Gasteiger partial charge in [-0.15, -0.1) is 0 Å². The Morgan fingerprint density at radius 1 is 1.00 bits per heavy atom. The maximum atomic E-state index is 13.1. The minimum atomic E-state index is -0.397. The highest BCUT2D eigenvalue weighted by Gasteiger charge is 2.33. The lowest BCUT2D eigenvalue weighted by molar-refractivity contribution is -0.118. The number of carbonyl (C=O) groups excluding carboxylic acids is 2. The first-order chi connectivity index (χ1) is 17.8. The van der Waals surface area contributed by atoms with Gasteiger partial charge in [0.1, 0.15) is 5.75 Å². The first-order valence-corrected chi connectivity index (χ1v) is 12.7. The number of ether oxygens (including phenoxy) is 3. The van der Waals surface area contributed by atoms with Crippen molar-refractivity contribution in [3.05, 3.63) is 81.2 Å². The topological polar surface area (TPSA) is 77.1 Å². The molecule has 3 aromatic rings. The summed E-state index contributed by atoms with van der Waals surface area (Å²) >= 11 is 18.6. The third-order valence-electron chi connectivity index (χ3n) is 5.11. The van der Waals surface area contributed by atoms with E-state index in [0.29, 0.717) is 53.5 Å². The molecule has 2 amide bonds. The molecule has 0 bridgehead atoms. The summed E-state index contributed by atoms with van der Waals surface area (Å²) in [5.74, 6) is 0.831. The van der Waals surface area contributed by atoms with Gasteiger partial charge >= 0.3 is 0 Å². The van der Waals surface area contributed by atoms with Gasteiger partial charge in [0.15, 0.2) is 22.4 Å². The lowest BCUT2D eigenvalue weighted by Gasteiger charge is -2.14. The molecule has 0 saturated carbocycles. The smallest absolute Gasteiger partial charge is 0.270 e. The Balaban J connectivity index is 1.44. The van der Waals surface area contributed by atoms with Gasteiger partial charge in [0.2, 0.25) is 0 Å². The molecule has 1 heterocycles. The molecular weight excluding hydrogens is 555 g/mol. The lowest BCUT2D eigenvalue weighted by Crippen LogP contribution is -2.27. The summed E-state index contributed by atoms with van der Waals surface area (Å²) in [7, 11) is 3.07. The summed E-state index contributed by atoms with van der Waals surface area (Å²) in [6, 6.07) is 17.0. The molecule has 11 heteroatoms. The van der Waals surface area contributed by atoms with Crippen molar-refractivity contribution >= 4 is 80.8 Å². The number of nitrogens with one attached hydrogen (secondary N) is 1. The molecule has 3 aromatic carbocycles. The van der Waals surface area contributed by atoms with E-state index in [4.69, 9.17) is 49.6 Å². The van der Waals surface area contributed by atoms with Gasteiger partial charge < -0.3 is 19.5 Å². The SMILES string of the molecule is COc1ccc(N2C(=O)/C(=C/c3ccc(OCC(=O)Nc4cc(Cl)cc(Cl)c4)c(OC)c3)SC2=S)cc1. The van der Waals surface area contributed by atoms with E-state index in [1.165, 1.54) is 23.8 Å². The van der Waals surface area contributed by atoms with E-state index in [1.807, 2.05) is 0 Å². The number of rotatable bonds is 8. The zero-order chi connectivity index (χ0) is 26.5. The summed E-state index contributed by atoms with van der Waals surface area (Å²) in [6.07, 6.45) is 1.73. The fraction of sp³-hybridized carbons (Fsp3) is 0.115. The van der Waals surface area contributed by atoms with Gasteiger partial charge in [0, 0.05) is 15.7 Å². The first kappa shape index (κ1) is 26.8. The highest BCUT2D eigenvalue weighted by molar-refractivity contribution is 8.27. The number of thioether (sulfide) groups is 1. The van der Waals surface area contributed by atoms with E-state index in [2.05, 4.69) is 5.32 Å². The molecule has 0 unspecified atom stereocenters. The molecule has 1 saturated heterocycles. The average molecular weight is 575 g/mol. The van der Waals surface area contributed by atoms with Crippen molar-refractivity contribution in [2.24, 2.45) is 0 Å². The van der Waals surface area contributed by atoms with Crippen LogP contribution < -0.4 is 24.4 Å². The largest absolute Gasteiger partial charge is 0.497 e. The highest BCUT2D eigenvalue weighted by Crippen LogP contribution is 2.37. The molecule has 0 spiro atoms. The molecule has 0 aromatic heterocycles. The Morgan fingerprint density at radius 3 is 2.35 bits per heavy atom. The van der Waals surface area contributed by atoms with E-state index in [-0.39, 0.29) is 12.5 Å². The zero-order valence-electron chi connectivity index (χ0n) is 19.6. The molecule has 0 aliphatic carbocycles. The molecule has 1 aliphatic rings. The maximum absolute atomic E-state index is 13.1. The molecule has 4 rings (SSSR count). The second-order valence-corrected chi connectivity index (χ2v) is 10.2. The molecule has 0 radical (unpaired) electrons. The predicted molar refractivity (Wildman–Crippen MR) is 152 cm³/mol. The number of methoxy groups -OCH3 is 2. The highest BCUT2D eigenvalue weighted by atomic mass is 35.5. The van der Waals surface area contributed by atoms with Crippen LogP contribution in [0.4, 0.5) is 11.4 Å². The lowest BCUT2D eigenvalue weighted by atomic mass is 10.1. The van der Waals surface area contributed by atoms with Crippen LogP contribution in [0.25, 0.3) is 6.08 Å². The van der Waals surface area contributed by atoms with Crippen LogP contribution in [0.3, 0.4) is 0 Å². The molecule has 0 atom stereocenters. The Morgan fingerprint density at radius 2 is 1.70 bits per heavy atom. The van der Waals surface area contributed by atoms with E-state index in [9.17, 15) is 9.59 Å². The van der Waals surface area contributed by atoms with Crippen molar-refractivity contribution in [1.29, 1.82) is 0 Å². The van der Waals surface area contributed by atoms with Crippen LogP contribution in [0.1, 0.15) is 5.56 Å². The summed E-state index contributed by atoms with van der Waals surface area (Å²) in [5, 5.41) is 3.49. The van der Waals surface area contributed by atoms with Crippen molar-refractivity contribution < 1.29 is 23.8 Å². The Bertz CT molecular complexity index is 1380. The van der Waals surface area contributed by atoms with Crippen LogP contribution in [0, 0.1) is 0 Å². The van der Waals surface area contributed by atoms with Crippen molar-refractivity contribution in [2.45, 2.75) is 0 Å². The molecule has 1 aliphatic heterocycles. The molecule has 190 valence electrons. The van der Waals surface area contributed by atoms with Crippen molar-refractivity contribution in [2.75, 3.05) is 31.0 Å². The number of hydrogen-bond donors (Lipinski definition) is 1. The van der Waals surface area contributed by atoms with E-state index in [0.717, 1.165) is 0 Å². The number of nitrogens with zero attached hydrogens (tertiary/aromatic N) is 1. The monoisotopic (exact) mass is 574 g/mol. The van der Waals surface area contributed by atoms with Gasteiger partial charge in [-0.05, 0) is 66.2 Å². The van der Waals surface area contributed by atoms with E-state index in [1.54, 1.807) is 73.8 Å². The predicted octanol–water partition coefficient (Wildman–Crippen LogP) is 6.43. The van der Waals surface area contributed by atoms with Gasteiger partial charge in [0.25, 0.3) is 11.8 Å². The van der Waals surface area contributed by atoms with Gasteiger partial charge in [-0.1, -0.05) is 53.2 Å². The first-order valence-electron chi connectivity index (χ1n) is 10.8. The molecule has 1 N–H and O–H groups in total. The second kappa shape index (κ2) is 11.9. The van der Waals surface area contributed by atoms with Gasteiger partial charge in [-0.25, -0.2) is 0 Å². The summed E-state index contributed by atoms with van der Waals surface area (Å²) in [4.78, 5) is 27.3. The third-order valence-corrected chi connectivity index (χ3v) is 6.85. The van der Waals surface area contributed by atoms with Crippen molar-refractivity contribution in [3.8, 4) is 17.2 Å². The van der Waals surface area contributed by atoms with Crippen LogP contribution in [0.2, 0.25) is 10.0 Å². The Kier molecular flexibility index (Phi) is 8.60. The van der Waals surface area contributed by atoms with Gasteiger partial charge in [-0.3, -0.25) is 14.5 Å². The van der Waals surface area contributed by atoms with E-state index < -0.39 is 5.91 Å². The number of thiocarbonyl (C=S) groups is 1. The fourth-order valence-corrected chi connectivity index (χ4v) is 5.26. The summed E-state index contributed by atoms with van der Waals surface area (Å²) in [5.41, 5.74) is 1.82. The minimum Gasteiger partial charge on any atom is -0.497 e. The Labute approximate surface area is 233 Å². The number of benzene rings is 3. The summed E-state index contributed by atoms with van der Waals surface area (Å²) in [6.45, 7) is -0.264. The minimum absolute atomic E-state index is 0.225. The second-order valence-electron chi connectivity index (χ2n) is 7.62. The van der Waals surface area contributed by atoms with Gasteiger partial charge in [-0.2, -0.15) is 0 Å². The summed E-state index contributed by atoms with van der Waals surface area (Å²) < 4.78 is 16.7. The fourth-order valence-electron chi connectivity index (χ4n) is 3.43. The number of anilines is 2. The molecule has 7 nitrogen and oxygen atoms in total. The number of amides is 2. The van der Waals surface area contributed by atoms with Crippen LogP contribution in [0.15, 0.2) is 65.6 Å². The Hall–Kier alpha value is -3.24. The zero-order valence-corrected chi connectivity index (χ0v) is 22.8. The van der Waals surface area contributed by atoms with Crippen LogP contribution in [-0.2, 0) is 9.59 Å². The molecular formula is C26H20Cl2N2O5S2. The quantitative estimate of drug-likeness (QED) is 0.245. The number of hydrogen-bond acceptors (Lipinski definition) is 7. The van der Waals surface area contributed by atoms with E-state index >= 15 is 0 Å². The maximum Gasteiger partial charge on any atom is 0.270 e. The average Bonchev–Trinajstić information content (AvgIpc) is 3.14. The van der Waals surface area contributed by atoms with Crippen LogP contribution in [0.5, 0.6) is 17.2 Å².